The number of halogens is 3. The van der Waals surface area contributed by atoms with Crippen molar-refractivity contribution >= 4 is 17.4 Å². The second kappa shape index (κ2) is 9.28. The van der Waals surface area contributed by atoms with Gasteiger partial charge in [-0.25, -0.2) is 4.79 Å². The summed E-state index contributed by atoms with van der Waals surface area (Å²) in [5, 5.41) is 5.07. The molecule has 2 aromatic carbocycles. The Kier molecular flexibility index (Phi) is 6.76. The molecule has 1 heterocycles. The number of hydrogen-bond acceptors (Lipinski definition) is 3. The lowest BCUT2D eigenvalue weighted by atomic mass is 10.0. The first kappa shape index (κ1) is 21.1. The highest BCUT2D eigenvalue weighted by molar-refractivity contribution is 5.99. The van der Waals surface area contributed by atoms with E-state index < -0.39 is 17.8 Å². The number of alkyl halides is 3. The van der Waals surface area contributed by atoms with Gasteiger partial charge in [-0.3, -0.25) is 4.90 Å². The highest BCUT2D eigenvalue weighted by Crippen LogP contribution is 2.34. The number of benzene rings is 2. The topological polar surface area (TPSA) is 47.6 Å². The first-order chi connectivity index (χ1) is 13.8. The molecule has 1 aliphatic rings. The molecule has 8 heteroatoms. The first-order valence-corrected chi connectivity index (χ1v) is 9.63. The van der Waals surface area contributed by atoms with Gasteiger partial charge in [-0.1, -0.05) is 31.2 Å². The molecule has 1 aliphatic heterocycles. The zero-order valence-corrected chi connectivity index (χ0v) is 16.3. The van der Waals surface area contributed by atoms with Crippen molar-refractivity contribution in [3.63, 3.8) is 0 Å². The summed E-state index contributed by atoms with van der Waals surface area (Å²) in [7, 11) is 0. The number of nitrogens with one attached hydrogen (secondary N) is 2. The molecule has 1 saturated heterocycles. The second-order valence-corrected chi connectivity index (χ2v) is 7.03. The van der Waals surface area contributed by atoms with Crippen LogP contribution in [0.2, 0.25) is 0 Å². The molecule has 2 aromatic rings. The predicted octanol–water partition coefficient (Wildman–Crippen LogP) is 4.49. The van der Waals surface area contributed by atoms with Gasteiger partial charge in [0.15, 0.2) is 0 Å². The Morgan fingerprint density at radius 1 is 0.931 bits per heavy atom. The van der Waals surface area contributed by atoms with Gasteiger partial charge in [-0.2, -0.15) is 13.2 Å². The number of likely N-dealkylation sites (N-methyl/N-ethyl adjacent to an activating group) is 1. The Labute approximate surface area is 168 Å². The minimum Gasteiger partial charge on any atom is -0.308 e. The van der Waals surface area contributed by atoms with E-state index >= 15 is 0 Å². The van der Waals surface area contributed by atoms with E-state index in [-0.39, 0.29) is 17.8 Å². The van der Waals surface area contributed by atoms with Crippen LogP contribution in [-0.2, 0) is 12.7 Å². The fourth-order valence-corrected chi connectivity index (χ4v) is 3.38. The molecule has 1 fully saturated rings. The van der Waals surface area contributed by atoms with Crippen molar-refractivity contribution in [1.82, 2.24) is 9.80 Å². The van der Waals surface area contributed by atoms with E-state index in [2.05, 4.69) is 22.5 Å². The molecule has 5 nitrogen and oxygen atoms in total. The van der Waals surface area contributed by atoms with E-state index in [0.717, 1.165) is 38.8 Å². The lowest BCUT2D eigenvalue weighted by Crippen LogP contribution is -2.45. The smallest absolute Gasteiger partial charge is 0.308 e. The summed E-state index contributed by atoms with van der Waals surface area (Å²) in [5.74, 6) is 0. The van der Waals surface area contributed by atoms with Crippen LogP contribution in [0.15, 0.2) is 48.5 Å². The van der Waals surface area contributed by atoms with Gasteiger partial charge >= 0.3 is 12.2 Å². The summed E-state index contributed by atoms with van der Waals surface area (Å²) in [6.07, 6.45) is -4.49. The van der Waals surface area contributed by atoms with Crippen molar-refractivity contribution in [2.75, 3.05) is 43.4 Å². The van der Waals surface area contributed by atoms with E-state index in [1.165, 1.54) is 12.1 Å². The molecule has 0 saturated carbocycles. The molecule has 0 atom stereocenters. The largest absolute Gasteiger partial charge is 0.416 e. The summed E-state index contributed by atoms with van der Waals surface area (Å²) in [6, 6.07) is 12.1. The highest BCUT2D eigenvalue weighted by atomic mass is 19.4. The van der Waals surface area contributed by atoms with E-state index in [4.69, 9.17) is 0 Å². The van der Waals surface area contributed by atoms with Crippen molar-refractivity contribution in [2.45, 2.75) is 19.6 Å². The third-order valence-corrected chi connectivity index (χ3v) is 5.01. The van der Waals surface area contributed by atoms with Crippen molar-refractivity contribution in [3.8, 4) is 0 Å². The quantitative estimate of drug-likeness (QED) is 0.769. The molecule has 2 N–H and O–H groups in total. The summed E-state index contributed by atoms with van der Waals surface area (Å²) in [6.45, 7) is 6.47. The van der Waals surface area contributed by atoms with Crippen LogP contribution < -0.4 is 10.6 Å². The van der Waals surface area contributed by atoms with Crippen LogP contribution in [0, 0.1) is 0 Å². The molecule has 3 rings (SSSR count). The SMILES string of the molecule is CCN1CCN(Cc2ccc(NC(=O)Nc3ccccc3)cc2C(F)(F)F)CC1. The van der Waals surface area contributed by atoms with E-state index in [1.54, 1.807) is 30.3 Å². The van der Waals surface area contributed by atoms with Crippen LogP contribution in [0.3, 0.4) is 0 Å². The van der Waals surface area contributed by atoms with E-state index in [0.29, 0.717) is 5.69 Å². The van der Waals surface area contributed by atoms with Crippen molar-refractivity contribution in [1.29, 1.82) is 0 Å². The summed E-state index contributed by atoms with van der Waals surface area (Å²) in [5.41, 5.74) is 0.165. The van der Waals surface area contributed by atoms with Gasteiger partial charge in [0.05, 0.1) is 5.56 Å². The average molecular weight is 406 g/mol. The van der Waals surface area contributed by atoms with Crippen molar-refractivity contribution < 1.29 is 18.0 Å². The molecule has 0 radical (unpaired) electrons. The minimum absolute atomic E-state index is 0.102. The molecular weight excluding hydrogens is 381 g/mol. The molecule has 29 heavy (non-hydrogen) atoms. The van der Waals surface area contributed by atoms with E-state index in [9.17, 15) is 18.0 Å². The normalized spacial score (nSPS) is 15.9. The Morgan fingerprint density at radius 2 is 1.55 bits per heavy atom. The minimum atomic E-state index is -4.49. The van der Waals surface area contributed by atoms with Crippen molar-refractivity contribution in [2.24, 2.45) is 0 Å². The van der Waals surface area contributed by atoms with Gasteiger partial charge in [-0.15, -0.1) is 0 Å². The Bertz CT molecular complexity index is 818. The molecule has 0 unspecified atom stereocenters. The number of carbonyl (C=O) groups excluding carboxylic acids is 1. The average Bonchev–Trinajstić information content (AvgIpc) is 2.69. The van der Waals surface area contributed by atoms with Gasteiger partial charge in [0.1, 0.15) is 0 Å². The second-order valence-electron chi connectivity index (χ2n) is 7.03. The number of para-hydroxylation sites is 1. The van der Waals surface area contributed by atoms with Crippen LogP contribution >= 0.6 is 0 Å². The molecule has 2 amide bonds. The summed E-state index contributed by atoms with van der Waals surface area (Å²) < 4.78 is 40.9. The van der Waals surface area contributed by atoms with Crippen molar-refractivity contribution in [3.05, 3.63) is 59.7 Å². The lowest BCUT2D eigenvalue weighted by molar-refractivity contribution is -0.138. The molecule has 0 aromatic heterocycles. The zero-order valence-electron chi connectivity index (χ0n) is 16.3. The monoisotopic (exact) mass is 406 g/mol. The number of piperazine rings is 1. The third-order valence-electron chi connectivity index (χ3n) is 5.01. The lowest BCUT2D eigenvalue weighted by Gasteiger charge is -2.34. The Hall–Kier alpha value is -2.58. The number of amides is 2. The van der Waals surface area contributed by atoms with Gasteiger partial charge in [0.25, 0.3) is 0 Å². The number of carbonyl (C=O) groups is 1. The Morgan fingerprint density at radius 3 is 2.17 bits per heavy atom. The van der Waals surface area contributed by atoms with Crippen LogP contribution in [0.1, 0.15) is 18.1 Å². The molecular formula is C21H25F3N4O. The van der Waals surface area contributed by atoms with Gasteiger partial charge in [0.2, 0.25) is 0 Å². The number of urea groups is 1. The zero-order chi connectivity index (χ0) is 20.9. The standard InChI is InChI=1S/C21H25F3N4O/c1-2-27-10-12-28(13-11-27)15-16-8-9-18(14-19(16)21(22,23)24)26-20(29)25-17-6-4-3-5-7-17/h3-9,14H,2,10-13,15H2,1H3,(H2,25,26,29). The van der Waals surface area contributed by atoms with Crippen LogP contribution in [-0.4, -0.2) is 48.6 Å². The third kappa shape index (κ3) is 5.95. The molecule has 156 valence electrons. The van der Waals surface area contributed by atoms with Crippen LogP contribution in [0.4, 0.5) is 29.3 Å². The number of nitrogens with zero attached hydrogens (tertiary/aromatic N) is 2. The number of anilines is 2. The maximum atomic E-state index is 13.6. The fraction of sp³-hybridized carbons (Fsp3) is 0.381. The maximum absolute atomic E-state index is 13.6. The first-order valence-electron chi connectivity index (χ1n) is 9.63. The molecule has 0 bridgehead atoms. The van der Waals surface area contributed by atoms with Gasteiger partial charge in [-0.05, 0) is 36.4 Å². The van der Waals surface area contributed by atoms with Gasteiger partial charge in [0, 0.05) is 44.1 Å². The fourth-order valence-electron chi connectivity index (χ4n) is 3.38. The maximum Gasteiger partial charge on any atom is 0.416 e. The van der Waals surface area contributed by atoms with Crippen LogP contribution in [0.5, 0.6) is 0 Å². The summed E-state index contributed by atoms with van der Waals surface area (Å²) >= 11 is 0. The molecule has 0 aliphatic carbocycles. The number of rotatable bonds is 5. The summed E-state index contributed by atoms with van der Waals surface area (Å²) in [4.78, 5) is 16.4. The predicted molar refractivity (Wildman–Crippen MR) is 108 cm³/mol. The van der Waals surface area contributed by atoms with Gasteiger partial charge < -0.3 is 15.5 Å². The van der Waals surface area contributed by atoms with Crippen LogP contribution in [0.25, 0.3) is 0 Å². The number of hydrogen-bond donors (Lipinski definition) is 2. The van der Waals surface area contributed by atoms with E-state index in [1.807, 2.05) is 4.90 Å². The molecule has 0 spiro atoms. The highest BCUT2D eigenvalue weighted by Gasteiger charge is 2.34. The Balaban J connectivity index is 1.70.